The zero-order valence-electron chi connectivity index (χ0n) is 11.2. The number of ether oxygens (including phenoxy) is 1. The summed E-state index contributed by atoms with van der Waals surface area (Å²) in [5.41, 5.74) is 1.11. The van der Waals surface area contributed by atoms with Crippen LogP contribution in [-0.4, -0.2) is 18.9 Å². The minimum absolute atomic E-state index is 0.0955. The van der Waals surface area contributed by atoms with E-state index < -0.39 is 0 Å². The maximum atomic E-state index is 11.2. The number of carbonyl (C=O) groups excluding carboxylic acids is 2. The third kappa shape index (κ3) is 8.20. The van der Waals surface area contributed by atoms with Crippen LogP contribution < -0.4 is 0 Å². The first-order valence-electron chi connectivity index (χ1n) is 5.78. The van der Waals surface area contributed by atoms with Crippen molar-refractivity contribution in [3.8, 4) is 0 Å². The van der Waals surface area contributed by atoms with Gasteiger partial charge in [-0.05, 0) is 19.4 Å². The summed E-state index contributed by atoms with van der Waals surface area (Å²) in [4.78, 5) is 21.9. The molecule has 0 aromatic carbocycles. The SMILES string of the molecule is C=C/C=C(CC(=O)OCC)\C(C=O)=C/C.CC. The molecular formula is C14H22O3. The second-order valence-electron chi connectivity index (χ2n) is 2.77. The van der Waals surface area contributed by atoms with Gasteiger partial charge < -0.3 is 4.74 Å². The van der Waals surface area contributed by atoms with E-state index in [4.69, 9.17) is 4.74 Å². The van der Waals surface area contributed by atoms with Crippen LogP contribution in [0, 0.1) is 0 Å². The minimum atomic E-state index is -0.341. The Labute approximate surface area is 104 Å². The highest BCUT2D eigenvalue weighted by molar-refractivity contribution is 5.84. The smallest absolute Gasteiger partial charge is 0.310 e. The number of rotatable bonds is 6. The standard InChI is InChI=1S/C12H16O3.C2H6/c1-4-7-11(10(5-2)9-13)8-12(14)15-6-3;1-2/h4-5,7,9H,1,6,8H2,2-3H3;1-2H3/b10-5-,11-7-;. The highest BCUT2D eigenvalue weighted by Crippen LogP contribution is 2.13. The van der Waals surface area contributed by atoms with Crippen LogP contribution in [0.25, 0.3) is 0 Å². The van der Waals surface area contributed by atoms with Gasteiger partial charge >= 0.3 is 5.97 Å². The summed E-state index contributed by atoms with van der Waals surface area (Å²) in [5.74, 6) is -0.341. The lowest BCUT2D eigenvalue weighted by Crippen LogP contribution is -2.06. The molecule has 0 heterocycles. The zero-order valence-corrected chi connectivity index (χ0v) is 11.2. The average molecular weight is 238 g/mol. The average Bonchev–Trinajstić information content (AvgIpc) is 2.33. The van der Waals surface area contributed by atoms with E-state index in [1.807, 2.05) is 13.8 Å². The second-order valence-corrected chi connectivity index (χ2v) is 2.77. The lowest BCUT2D eigenvalue weighted by molar-refractivity contribution is -0.142. The van der Waals surface area contributed by atoms with Crippen LogP contribution in [0.2, 0.25) is 0 Å². The number of allylic oxidation sites excluding steroid dienone is 4. The van der Waals surface area contributed by atoms with Crippen molar-refractivity contribution in [3.63, 3.8) is 0 Å². The van der Waals surface area contributed by atoms with Gasteiger partial charge in [-0.2, -0.15) is 0 Å². The molecule has 0 aliphatic carbocycles. The summed E-state index contributed by atoms with van der Waals surface area (Å²) in [5, 5.41) is 0. The molecule has 0 fully saturated rings. The van der Waals surface area contributed by atoms with Crippen molar-refractivity contribution in [1.29, 1.82) is 0 Å². The third-order valence-corrected chi connectivity index (χ3v) is 1.77. The van der Waals surface area contributed by atoms with E-state index in [2.05, 4.69) is 6.58 Å². The molecule has 0 spiro atoms. The Morgan fingerprint density at radius 2 is 1.94 bits per heavy atom. The highest BCUT2D eigenvalue weighted by atomic mass is 16.5. The van der Waals surface area contributed by atoms with Crippen molar-refractivity contribution in [2.24, 2.45) is 0 Å². The fourth-order valence-electron chi connectivity index (χ4n) is 1.10. The van der Waals surface area contributed by atoms with Gasteiger partial charge in [-0.25, -0.2) is 0 Å². The molecule has 0 saturated carbocycles. The maximum Gasteiger partial charge on any atom is 0.310 e. The van der Waals surface area contributed by atoms with Crippen molar-refractivity contribution in [2.45, 2.75) is 34.1 Å². The molecule has 0 saturated heterocycles. The van der Waals surface area contributed by atoms with E-state index in [-0.39, 0.29) is 12.4 Å². The van der Waals surface area contributed by atoms with Gasteiger partial charge in [0.15, 0.2) is 0 Å². The molecule has 3 heteroatoms. The molecule has 0 aliphatic rings. The molecular weight excluding hydrogens is 216 g/mol. The summed E-state index contributed by atoms with van der Waals surface area (Å²) in [6.07, 6.45) is 5.65. The summed E-state index contributed by atoms with van der Waals surface area (Å²) in [7, 11) is 0. The Hall–Kier alpha value is -1.64. The first-order chi connectivity index (χ1) is 8.19. The number of aldehydes is 1. The Morgan fingerprint density at radius 1 is 1.35 bits per heavy atom. The van der Waals surface area contributed by atoms with E-state index in [1.54, 1.807) is 32.1 Å². The van der Waals surface area contributed by atoms with E-state index >= 15 is 0 Å². The van der Waals surface area contributed by atoms with Gasteiger partial charge in [0, 0.05) is 5.57 Å². The van der Waals surface area contributed by atoms with Crippen LogP contribution in [0.15, 0.2) is 36.0 Å². The van der Waals surface area contributed by atoms with Crippen molar-refractivity contribution in [2.75, 3.05) is 6.61 Å². The molecule has 0 bridgehead atoms. The van der Waals surface area contributed by atoms with Crippen LogP contribution >= 0.6 is 0 Å². The van der Waals surface area contributed by atoms with Crippen LogP contribution in [0.5, 0.6) is 0 Å². The summed E-state index contributed by atoms with van der Waals surface area (Å²) in [6, 6.07) is 0. The van der Waals surface area contributed by atoms with Crippen molar-refractivity contribution in [1.82, 2.24) is 0 Å². The topological polar surface area (TPSA) is 43.4 Å². The first-order valence-corrected chi connectivity index (χ1v) is 5.78. The molecule has 0 aromatic rings. The molecule has 0 unspecified atom stereocenters. The number of esters is 1. The van der Waals surface area contributed by atoms with Gasteiger partial charge in [0.1, 0.15) is 6.29 Å². The monoisotopic (exact) mass is 238 g/mol. The minimum Gasteiger partial charge on any atom is -0.466 e. The van der Waals surface area contributed by atoms with E-state index in [9.17, 15) is 9.59 Å². The molecule has 0 aromatic heterocycles. The predicted octanol–water partition coefficient (Wildman–Crippen LogP) is 3.22. The third-order valence-electron chi connectivity index (χ3n) is 1.77. The Kier molecular flexibility index (Phi) is 13.0. The molecule has 0 aliphatic heterocycles. The van der Waals surface area contributed by atoms with Gasteiger partial charge in [-0.15, -0.1) is 0 Å². The van der Waals surface area contributed by atoms with Gasteiger partial charge in [0.25, 0.3) is 0 Å². The first kappa shape index (κ1) is 17.7. The van der Waals surface area contributed by atoms with Crippen LogP contribution in [-0.2, 0) is 14.3 Å². The Morgan fingerprint density at radius 3 is 2.29 bits per heavy atom. The quantitative estimate of drug-likeness (QED) is 0.309. The van der Waals surface area contributed by atoms with Crippen molar-refractivity contribution in [3.05, 3.63) is 36.0 Å². The van der Waals surface area contributed by atoms with Gasteiger partial charge in [-0.3, -0.25) is 9.59 Å². The predicted molar refractivity (Wildman–Crippen MR) is 70.7 cm³/mol. The molecule has 0 N–H and O–H groups in total. The molecule has 0 atom stereocenters. The normalized spacial score (nSPS) is 11.1. The van der Waals surface area contributed by atoms with Crippen LogP contribution in [0.3, 0.4) is 0 Å². The zero-order chi connectivity index (χ0) is 13.7. The second kappa shape index (κ2) is 12.4. The van der Waals surface area contributed by atoms with E-state index in [1.165, 1.54) is 0 Å². The molecule has 17 heavy (non-hydrogen) atoms. The number of hydrogen-bond donors (Lipinski definition) is 0. The van der Waals surface area contributed by atoms with Crippen LogP contribution in [0.1, 0.15) is 34.1 Å². The molecule has 96 valence electrons. The molecule has 3 nitrogen and oxygen atoms in total. The summed E-state index contributed by atoms with van der Waals surface area (Å²) in [6.45, 7) is 11.4. The molecule has 0 amide bonds. The Balaban J connectivity index is 0. The van der Waals surface area contributed by atoms with Gasteiger partial charge in [0.2, 0.25) is 0 Å². The largest absolute Gasteiger partial charge is 0.466 e. The fourth-order valence-corrected chi connectivity index (χ4v) is 1.10. The highest BCUT2D eigenvalue weighted by Gasteiger charge is 2.09. The molecule has 0 rings (SSSR count). The van der Waals surface area contributed by atoms with E-state index in [0.717, 1.165) is 0 Å². The Bertz CT molecular complexity index is 299. The lowest BCUT2D eigenvalue weighted by atomic mass is 10.0. The molecule has 0 radical (unpaired) electrons. The fraction of sp³-hybridized carbons (Fsp3) is 0.429. The van der Waals surface area contributed by atoms with Gasteiger partial charge in [-0.1, -0.05) is 38.7 Å². The van der Waals surface area contributed by atoms with Crippen LogP contribution in [0.4, 0.5) is 0 Å². The lowest BCUT2D eigenvalue weighted by Gasteiger charge is -2.05. The van der Waals surface area contributed by atoms with Crippen molar-refractivity contribution >= 4 is 12.3 Å². The summed E-state index contributed by atoms with van der Waals surface area (Å²) < 4.78 is 4.80. The van der Waals surface area contributed by atoms with E-state index in [0.29, 0.717) is 24.0 Å². The number of carbonyl (C=O) groups is 2. The van der Waals surface area contributed by atoms with Gasteiger partial charge in [0.05, 0.1) is 13.0 Å². The number of hydrogen-bond acceptors (Lipinski definition) is 3. The maximum absolute atomic E-state index is 11.2. The summed E-state index contributed by atoms with van der Waals surface area (Å²) >= 11 is 0. The van der Waals surface area contributed by atoms with Crippen molar-refractivity contribution < 1.29 is 14.3 Å².